The molecule has 1 unspecified atom stereocenters. The normalized spacial score (nSPS) is 19.6. The highest BCUT2D eigenvalue weighted by Crippen LogP contribution is 2.24. The van der Waals surface area contributed by atoms with Crippen LogP contribution < -0.4 is 4.74 Å². The molecule has 1 aliphatic rings. The van der Waals surface area contributed by atoms with Crippen LogP contribution in [0, 0.1) is 5.82 Å². The molecule has 1 atom stereocenters. The summed E-state index contributed by atoms with van der Waals surface area (Å²) in [4.78, 5) is 12.9. The minimum atomic E-state index is -0.780. The number of halogens is 1. The van der Waals surface area contributed by atoms with Crippen LogP contribution in [-0.4, -0.2) is 35.7 Å². The maximum atomic E-state index is 13.6. The van der Waals surface area contributed by atoms with E-state index < -0.39 is 5.97 Å². The molecule has 0 bridgehead atoms. The number of ether oxygens (including phenoxy) is 1. The smallest absolute Gasteiger partial charge is 0.304 e. The van der Waals surface area contributed by atoms with Gasteiger partial charge in [0.25, 0.3) is 0 Å². The molecule has 0 saturated carbocycles. The molecule has 0 amide bonds. The Morgan fingerprint density at radius 1 is 1.58 bits per heavy atom. The summed E-state index contributed by atoms with van der Waals surface area (Å²) in [5, 5.41) is 8.87. The fraction of sp³-hybridized carbons (Fsp3) is 0.500. The van der Waals surface area contributed by atoms with Crippen LogP contribution in [0.15, 0.2) is 18.2 Å². The van der Waals surface area contributed by atoms with Gasteiger partial charge in [-0.15, -0.1) is 0 Å². The van der Waals surface area contributed by atoms with Crippen molar-refractivity contribution < 1.29 is 19.0 Å². The Hall–Kier alpha value is -1.62. The van der Waals surface area contributed by atoms with Gasteiger partial charge in [0.1, 0.15) is 0 Å². The molecule has 104 valence electrons. The Labute approximate surface area is 111 Å². The largest absolute Gasteiger partial charge is 0.494 e. The van der Waals surface area contributed by atoms with E-state index in [2.05, 4.69) is 4.90 Å². The third-order valence-electron chi connectivity index (χ3n) is 3.51. The van der Waals surface area contributed by atoms with E-state index in [9.17, 15) is 9.18 Å². The first-order chi connectivity index (χ1) is 9.10. The highest BCUT2D eigenvalue weighted by atomic mass is 19.1. The first-order valence-electron chi connectivity index (χ1n) is 6.38. The summed E-state index contributed by atoms with van der Waals surface area (Å²) >= 11 is 0. The van der Waals surface area contributed by atoms with Gasteiger partial charge in [0.15, 0.2) is 11.6 Å². The maximum Gasteiger partial charge on any atom is 0.304 e. The fourth-order valence-corrected chi connectivity index (χ4v) is 2.58. The van der Waals surface area contributed by atoms with E-state index in [1.165, 1.54) is 13.2 Å². The minimum absolute atomic E-state index is 0.0580. The molecule has 0 aliphatic carbocycles. The molecular formula is C14H18FNO3. The molecule has 0 radical (unpaired) electrons. The van der Waals surface area contributed by atoms with E-state index >= 15 is 0 Å². The van der Waals surface area contributed by atoms with Crippen molar-refractivity contribution in [2.45, 2.75) is 31.8 Å². The predicted octanol–water partition coefficient (Wildman–Crippen LogP) is 2.27. The average Bonchev–Trinajstić information content (AvgIpc) is 2.76. The topological polar surface area (TPSA) is 49.8 Å². The first-order valence-corrected chi connectivity index (χ1v) is 6.38. The lowest BCUT2D eigenvalue weighted by Crippen LogP contribution is -2.30. The van der Waals surface area contributed by atoms with Gasteiger partial charge >= 0.3 is 5.97 Å². The molecule has 1 aromatic rings. The predicted molar refractivity (Wildman–Crippen MR) is 68.6 cm³/mol. The lowest BCUT2D eigenvalue weighted by atomic mass is 10.1. The summed E-state index contributed by atoms with van der Waals surface area (Å²) in [7, 11) is 1.43. The second-order valence-corrected chi connectivity index (χ2v) is 4.83. The molecule has 1 aromatic carbocycles. The lowest BCUT2D eigenvalue weighted by Gasteiger charge is -2.23. The highest BCUT2D eigenvalue weighted by molar-refractivity contribution is 5.67. The summed E-state index contributed by atoms with van der Waals surface area (Å²) in [6.45, 7) is 1.45. The van der Waals surface area contributed by atoms with Crippen LogP contribution in [0.5, 0.6) is 5.75 Å². The number of nitrogens with zero attached hydrogens (tertiary/aromatic N) is 1. The van der Waals surface area contributed by atoms with Crippen LogP contribution in [0.25, 0.3) is 0 Å². The Morgan fingerprint density at radius 3 is 3.00 bits per heavy atom. The van der Waals surface area contributed by atoms with E-state index in [4.69, 9.17) is 9.84 Å². The molecule has 1 aliphatic heterocycles. The Morgan fingerprint density at radius 2 is 2.37 bits per heavy atom. The number of carbonyl (C=O) groups is 1. The molecule has 1 N–H and O–H groups in total. The third-order valence-corrected chi connectivity index (χ3v) is 3.51. The monoisotopic (exact) mass is 267 g/mol. The highest BCUT2D eigenvalue weighted by Gasteiger charge is 2.26. The number of hydrogen-bond acceptors (Lipinski definition) is 3. The number of methoxy groups -OCH3 is 1. The Kier molecular flexibility index (Phi) is 4.37. The number of carboxylic acid groups (broad SMARTS) is 1. The van der Waals surface area contributed by atoms with Crippen molar-refractivity contribution in [3.05, 3.63) is 29.6 Å². The van der Waals surface area contributed by atoms with Gasteiger partial charge in [-0.05, 0) is 37.1 Å². The number of hydrogen-bond donors (Lipinski definition) is 1. The number of carboxylic acids is 1. The van der Waals surface area contributed by atoms with Crippen LogP contribution in [-0.2, 0) is 11.3 Å². The van der Waals surface area contributed by atoms with Crippen molar-refractivity contribution in [3.63, 3.8) is 0 Å². The summed E-state index contributed by atoms with van der Waals surface area (Å²) in [6.07, 6.45) is 2.04. The van der Waals surface area contributed by atoms with Gasteiger partial charge < -0.3 is 9.84 Å². The van der Waals surface area contributed by atoms with Gasteiger partial charge in [-0.2, -0.15) is 0 Å². The first kappa shape index (κ1) is 13.8. The van der Waals surface area contributed by atoms with Gasteiger partial charge in [-0.25, -0.2) is 4.39 Å². The molecule has 0 spiro atoms. The molecule has 4 nitrogen and oxygen atoms in total. The molecule has 1 fully saturated rings. The molecule has 0 aromatic heterocycles. The van der Waals surface area contributed by atoms with Crippen LogP contribution in [0.1, 0.15) is 24.8 Å². The number of aliphatic carboxylic acids is 1. The van der Waals surface area contributed by atoms with Crippen molar-refractivity contribution >= 4 is 5.97 Å². The summed E-state index contributed by atoms with van der Waals surface area (Å²) in [5.41, 5.74) is 0.843. The summed E-state index contributed by atoms with van der Waals surface area (Å²) in [6, 6.07) is 4.93. The zero-order valence-electron chi connectivity index (χ0n) is 10.9. The van der Waals surface area contributed by atoms with Gasteiger partial charge in [0.2, 0.25) is 0 Å². The second-order valence-electron chi connectivity index (χ2n) is 4.83. The van der Waals surface area contributed by atoms with Crippen molar-refractivity contribution in [1.82, 2.24) is 4.90 Å². The molecular weight excluding hydrogens is 249 g/mol. The van der Waals surface area contributed by atoms with E-state index in [1.54, 1.807) is 6.07 Å². The Balaban J connectivity index is 2.03. The molecule has 1 saturated heterocycles. The zero-order valence-corrected chi connectivity index (χ0v) is 10.9. The SMILES string of the molecule is COc1ccc(CN2CCCC2CC(=O)O)cc1F. The van der Waals surface area contributed by atoms with Crippen molar-refractivity contribution in [2.24, 2.45) is 0 Å². The van der Waals surface area contributed by atoms with Crippen LogP contribution >= 0.6 is 0 Å². The van der Waals surface area contributed by atoms with Crippen LogP contribution in [0.4, 0.5) is 4.39 Å². The van der Waals surface area contributed by atoms with Crippen molar-refractivity contribution in [2.75, 3.05) is 13.7 Å². The van der Waals surface area contributed by atoms with Gasteiger partial charge in [0.05, 0.1) is 13.5 Å². The van der Waals surface area contributed by atoms with Gasteiger partial charge in [0, 0.05) is 12.6 Å². The van der Waals surface area contributed by atoms with Crippen LogP contribution in [0.3, 0.4) is 0 Å². The zero-order chi connectivity index (χ0) is 13.8. The third kappa shape index (κ3) is 3.44. The van der Waals surface area contributed by atoms with E-state index in [-0.39, 0.29) is 24.0 Å². The van der Waals surface area contributed by atoms with Crippen LogP contribution in [0.2, 0.25) is 0 Å². The van der Waals surface area contributed by atoms with E-state index in [1.807, 2.05) is 6.07 Å². The molecule has 19 heavy (non-hydrogen) atoms. The van der Waals surface area contributed by atoms with Crippen molar-refractivity contribution in [3.8, 4) is 5.75 Å². The minimum Gasteiger partial charge on any atom is -0.494 e. The van der Waals surface area contributed by atoms with E-state index in [0.29, 0.717) is 6.54 Å². The number of rotatable bonds is 5. The standard InChI is InChI=1S/C14H18FNO3/c1-19-13-5-4-10(7-12(13)15)9-16-6-2-3-11(16)8-14(17)18/h4-5,7,11H,2-3,6,8-9H2,1H3,(H,17,18). The fourth-order valence-electron chi connectivity index (χ4n) is 2.58. The Bertz CT molecular complexity index is 464. The number of benzene rings is 1. The summed E-state index contributed by atoms with van der Waals surface area (Å²) in [5.74, 6) is -0.931. The maximum absolute atomic E-state index is 13.6. The summed E-state index contributed by atoms with van der Waals surface area (Å²) < 4.78 is 18.5. The van der Waals surface area contributed by atoms with Gasteiger partial charge in [-0.3, -0.25) is 9.69 Å². The second kappa shape index (κ2) is 6.02. The number of likely N-dealkylation sites (tertiary alicyclic amines) is 1. The molecule has 1 heterocycles. The lowest BCUT2D eigenvalue weighted by molar-refractivity contribution is -0.138. The molecule has 5 heteroatoms. The quantitative estimate of drug-likeness (QED) is 0.889. The van der Waals surface area contributed by atoms with Gasteiger partial charge in [-0.1, -0.05) is 6.07 Å². The molecule has 2 rings (SSSR count). The van der Waals surface area contributed by atoms with E-state index in [0.717, 1.165) is 24.9 Å². The van der Waals surface area contributed by atoms with Crippen molar-refractivity contribution in [1.29, 1.82) is 0 Å². The average molecular weight is 267 g/mol.